The maximum absolute atomic E-state index is 12.5. The van der Waals surface area contributed by atoms with Crippen molar-refractivity contribution in [2.24, 2.45) is 0 Å². The number of rotatable bonds is 7. The molecule has 0 saturated heterocycles. The van der Waals surface area contributed by atoms with Gasteiger partial charge >= 0.3 is 0 Å². The topological polar surface area (TPSA) is 47.6 Å². The van der Waals surface area contributed by atoms with Crippen LogP contribution in [0.25, 0.3) is 0 Å². The average Bonchev–Trinajstić information content (AvgIpc) is 2.46. The molecule has 4 nitrogen and oxygen atoms in total. The van der Waals surface area contributed by atoms with E-state index in [1.807, 2.05) is 6.92 Å². The van der Waals surface area contributed by atoms with Crippen molar-refractivity contribution < 1.29 is 14.3 Å². The molecule has 1 atom stereocenters. The average molecular weight is 344 g/mol. The van der Waals surface area contributed by atoms with E-state index in [0.717, 1.165) is 18.2 Å². The van der Waals surface area contributed by atoms with Crippen LogP contribution in [0.4, 0.5) is 0 Å². The van der Waals surface area contributed by atoms with E-state index in [-0.39, 0.29) is 11.4 Å². The Balaban J connectivity index is 3.03. The van der Waals surface area contributed by atoms with Gasteiger partial charge in [-0.3, -0.25) is 4.79 Å². The molecule has 0 aliphatic carbocycles. The lowest BCUT2D eigenvalue weighted by Crippen LogP contribution is -2.45. The van der Waals surface area contributed by atoms with E-state index in [0.29, 0.717) is 17.1 Å². The number of ether oxygens (including phenoxy) is 2. The van der Waals surface area contributed by atoms with Crippen LogP contribution in [-0.4, -0.2) is 31.0 Å². The molecule has 5 heteroatoms. The molecule has 1 aromatic rings. The predicted molar refractivity (Wildman–Crippen MR) is 84.1 cm³/mol. The van der Waals surface area contributed by atoms with Crippen LogP contribution in [0.5, 0.6) is 11.5 Å². The summed E-state index contributed by atoms with van der Waals surface area (Å²) < 4.78 is 10.5. The maximum Gasteiger partial charge on any atom is 0.255 e. The Labute approximate surface area is 129 Å². The summed E-state index contributed by atoms with van der Waals surface area (Å²) in [5.41, 5.74) is 0.246. The van der Waals surface area contributed by atoms with Crippen LogP contribution in [0.2, 0.25) is 0 Å². The smallest absolute Gasteiger partial charge is 0.255 e. The van der Waals surface area contributed by atoms with Gasteiger partial charge in [-0.2, -0.15) is 0 Å². The lowest BCUT2D eigenvalue weighted by Gasteiger charge is -2.29. The number of hydrogen-bond donors (Lipinski definition) is 1. The normalized spacial score (nSPS) is 13.4. The van der Waals surface area contributed by atoms with Crippen LogP contribution in [-0.2, 0) is 0 Å². The SMILES string of the molecule is CCC(C)(CCBr)NC(=O)c1cccc(OC)c1OC. The van der Waals surface area contributed by atoms with Gasteiger partial charge in [-0.25, -0.2) is 0 Å². The zero-order chi connectivity index (χ0) is 15.2. The maximum atomic E-state index is 12.5. The van der Waals surface area contributed by atoms with Crippen LogP contribution in [0.3, 0.4) is 0 Å². The Hall–Kier alpha value is -1.23. The standard InChI is InChI=1S/C15H22BrNO3/c1-5-15(2,9-10-16)17-14(18)11-7-6-8-12(19-3)13(11)20-4/h6-8H,5,9-10H2,1-4H3,(H,17,18). The summed E-state index contributed by atoms with van der Waals surface area (Å²) in [5, 5.41) is 3.92. The highest BCUT2D eigenvalue weighted by atomic mass is 79.9. The van der Waals surface area contributed by atoms with Crippen LogP contribution >= 0.6 is 15.9 Å². The first-order chi connectivity index (χ1) is 9.51. The molecule has 0 bridgehead atoms. The first kappa shape index (κ1) is 16.8. The van der Waals surface area contributed by atoms with Crippen molar-refractivity contribution in [2.45, 2.75) is 32.2 Å². The summed E-state index contributed by atoms with van der Waals surface area (Å²) in [5.74, 6) is 0.870. The molecule has 1 N–H and O–H groups in total. The highest BCUT2D eigenvalue weighted by molar-refractivity contribution is 9.09. The van der Waals surface area contributed by atoms with Gasteiger partial charge in [0.05, 0.1) is 19.8 Å². The fraction of sp³-hybridized carbons (Fsp3) is 0.533. The zero-order valence-electron chi connectivity index (χ0n) is 12.5. The number of halogens is 1. The first-order valence-electron chi connectivity index (χ1n) is 6.60. The molecular formula is C15H22BrNO3. The molecule has 1 rings (SSSR count). The van der Waals surface area contributed by atoms with Crippen molar-refractivity contribution in [2.75, 3.05) is 19.5 Å². The molecule has 0 aliphatic heterocycles. The predicted octanol–water partition coefficient (Wildman–Crippen LogP) is 3.39. The van der Waals surface area contributed by atoms with E-state index < -0.39 is 0 Å². The minimum absolute atomic E-state index is 0.147. The number of carbonyl (C=O) groups excluding carboxylic acids is 1. The number of methoxy groups -OCH3 is 2. The number of carbonyl (C=O) groups is 1. The molecule has 20 heavy (non-hydrogen) atoms. The van der Waals surface area contributed by atoms with Crippen molar-refractivity contribution in [3.8, 4) is 11.5 Å². The number of hydrogen-bond acceptors (Lipinski definition) is 3. The molecule has 1 amide bonds. The quantitative estimate of drug-likeness (QED) is 0.772. The summed E-state index contributed by atoms with van der Waals surface area (Å²) in [6, 6.07) is 5.29. The molecule has 112 valence electrons. The second-order valence-electron chi connectivity index (χ2n) is 4.85. The fourth-order valence-corrected chi connectivity index (χ4v) is 2.82. The molecule has 0 aromatic heterocycles. The number of nitrogens with one attached hydrogen (secondary N) is 1. The molecule has 0 fully saturated rings. The third kappa shape index (κ3) is 3.88. The molecule has 0 radical (unpaired) electrons. The lowest BCUT2D eigenvalue weighted by molar-refractivity contribution is 0.0898. The van der Waals surface area contributed by atoms with E-state index in [9.17, 15) is 4.79 Å². The second-order valence-corrected chi connectivity index (χ2v) is 5.64. The van der Waals surface area contributed by atoms with Crippen molar-refractivity contribution in [3.63, 3.8) is 0 Å². The Morgan fingerprint density at radius 2 is 2.05 bits per heavy atom. The summed E-state index contributed by atoms with van der Waals surface area (Å²) in [4.78, 5) is 12.5. The van der Waals surface area contributed by atoms with Gasteiger partial charge < -0.3 is 14.8 Å². The van der Waals surface area contributed by atoms with E-state index in [1.54, 1.807) is 25.3 Å². The van der Waals surface area contributed by atoms with Crippen molar-refractivity contribution in [1.29, 1.82) is 0 Å². The third-order valence-corrected chi connectivity index (χ3v) is 3.89. The van der Waals surface area contributed by atoms with Gasteiger partial charge in [0.2, 0.25) is 0 Å². The van der Waals surface area contributed by atoms with Gasteiger partial charge in [-0.15, -0.1) is 0 Å². The lowest BCUT2D eigenvalue weighted by atomic mass is 9.95. The summed E-state index contributed by atoms with van der Waals surface area (Å²) >= 11 is 3.43. The summed E-state index contributed by atoms with van der Waals surface area (Å²) in [6.45, 7) is 4.10. The van der Waals surface area contributed by atoms with Gasteiger partial charge in [-0.05, 0) is 31.9 Å². The Morgan fingerprint density at radius 3 is 2.55 bits per heavy atom. The summed E-state index contributed by atoms with van der Waals surface area (Å²) in [7, 11) is 3.09. The van der Waals surface area contributed by atoms with Gasteiger partial charge in [0, 0.05) is 10.9 Å². The van der Waals surface area contributed by atoms with E-state index in [4.69, 9.17) is 9.47 Å². The second kappa shape index (κ2) is 7.53. The zero-order valence-corrected chi connectivity index (χ0v) is 14.0. The molecular weight excluding hydrogens is 322 g/mol. The Bertz CT molecular complexity index is 464. The van der Waals surface area contributed by atoms with Crippen molar-refractivity contribution in [1.82, 2.24) is 5.32 Å². The Morgan fingerprint density at radius 1 is 1.35 bits per heavy atom. The fourth-order valence-electron chi connectivity index (χ4n) is 1.94. The van der Waals surface area contributed by atoms with E-state index >= 15 is 0 Å². The van der Waals surface area contributed by atoms with Crippen LogP contribution in [0, 0.1) is 0 Å². The Kier molecular flexibility index (Phi) is 6.33. The van der Waals surface area contributed by atoms with Gasteiger partial charge in [0.15, 0.2) is 11.5 Å². The van der Waals surface area contributed by atoms with Crippen molar-refractivity contribution >= 4 is 21.8 Å². The highest BCUT2D eigenvalue weighted by Gasteiger charge is 2.26. The first-order valence-corrected chi connectivity index (χ1v) is 7.73. The minimum Gasteiger partial charge on any atom is -0.493 e. The number of amides is 1. The monoisotopic (exact) mass is 343 g/mol. The number of para-hydroxylation sites is 1. The largest absolute Gasteiger partial charge is 0.493 e. The molecule has 0 aliphatic rings. The van der Waals surface area contributed by atoms with Crippen LogP contribution < -0.4 is 14.8 Å². The number of alkyl halides is 1. The summed E-state index contributed by atoms with van der Waals surface area (Å²) in [6.07, 6.45) is 1.72. The minimum atomic E-state index is -0.241. The van der Waals surface area contributed by atoms with Gasteiger partial charge in [-0.1, -0.05) is 28.9 Å². The van der Waals surface area contributed by atoms with Crippen LogP contribution in [0.15, 0.2) is 18.2 Å². The molecule has 1 unspecified atom stereocenters. The molecule has 0 saturated carbocycles. The molecule has 0 heterocycles. The van der Waals surface area contributed by atoms with E-state index in [2.05, 4.69) is 28.2 Å². The third-order valence-electron chi connectivity index (χ3n) is 3.49. The van der Waals surface area contributed by atoms with E-state index in [1.165, 1.54) is 7.11 Å². The highest BCUT2D eigenvalue weighted by Crippen LogP contribution is 2.31. The molecule has 0 spiro atoms. The van der Waals surface area contributed by atoms with Gasteiger partial charge in [0.25, 0.3) is 5.91 Å². The number of benzene rings is 1. The molecule has 1 aromatic carbocycles. The van der Waals surface area contributed by atoms with Crippen LogP contribution in [0.1, 0.15) is 37.0 Å². The van der Waals surface area contributed by atoms with Gasteiger partial charge in [0.1, 0.15) is 0 Å². The van der Waals surface area contributed by atoms with Crippen molar-refractivity contribution in [3.05, 3.63) is 23.8 Å².